The van der Waals surface area contributed by atoms with Crippen LogP contribution < -0.4 is 5.32 Å². The van der Waals surface area contributed by atoms with Crippen molar-refractivity contribution in [3.05, 3.63) is 0 Å². The van der Waals surface area contributed by atoms with E-state index in [-0.39, 0.29) is 11.5 Å². The summed E-state index contributed by atoms with van der Waals surface area (Å²) in [6, 6.07) is 0. The highest BCUT2D eigenvalue weighted by molar-refractivity contribution is 5.79. The van der Waals surface area contributed by atoms with Crippen molar-refractivity contribution in [1.29, 1.82) is 0 Å². The highest BCUT2D eigenvalue weighted by Crippen LogP contribution is 2.23. The smallest absolute Gasteiger partial charge is 0.223 e. The van der Waals surface area contributed by atoms with Crippen LogP contribution >= 0.6 is 0 Å². The summed E-state index contributed by atoms with van der Waals surface area (Å²) in [5.41, 5.74) is 0.00432. The number of rotatable bonds is 8. The number of likely N-dealkylation sites (tertiary alicyclic amines) is 1. The topological polar surface area (TPSA) is 32.3 Å². The number of piperidine rings is 1. The maximum atomic E-state index is 12.5. The molecule has 1 N–H and O–H groups in total. The summed E-state index contributed by atoms with van der Waals surface area (Å²) in [6.07, 6.45) is 9.10. The summed E-state index contributed by atoms with van der Waals surface area (Å²) < 4.78 is 0. The monoisotopic (exact) mass is 282 g/mol. The minimum atomic E-state index is 0.00432. The van der Waals surface area contributed by atoms with E-state index in [4.69, 9.17) is 0 Å². The lowest BCUT2D eigenvalue weighted by molar-refractivity contribution is -0.128. The molecule has 20 heavy (non-hydrogen) atoms. The Labute approximate surface area is 125 Å². The molecule has 1 fully saturated rings. The first kappa shape index (κ1) is 17.5. The molecule has 1 saturated heterocycles. The molecule has 1 atom stereocenters. The third-order valence-corrected chi connectivity index (χ3v) is 4.65. The van der Waals surface area contributed by atoms with E-state index in [1.807, 2.05) is 0 Å². The van der Waals surface area contributed by atoms with Crippen molar-refractivity contribution in [3.8, 4) is 0 Å². The maximum absolute atomic E-state index is 12.5. The predicted octanol–water partition coefficient (Wildman–Crippen LogP) is 3.58. The standard InChI is InChI=1S/C17H34N2O/c1-5-7-8-12-17(3,11-6-2)18-16(20)15-9-13-19(4)14-10-15/h15H,5-14H2,1-4H3,(H,18,20). The summed E-state index contributed by atoms with van der Waals surface area (Å²) in [7, 11) is 2.14. The average Bonchev–Trinajstić information content (AvgIpc) is 2.39. The van der Waals surface area contributed by atoms with Gasteiger partial charge in [0.05, 0.1) is 0 Å². The minimum Gasteiger partial charge on any atom is -0.351 e. The van der Waals surface area contributed by atoms with Crippen molar-refractivity contribution >= 4 is 5.91 Å². The van der Waals surface area contributed by atoms with Crippen LogP contribution in [0.15, 0.2) is 0 Å². The number of amides is 1. The van der Waals surface area contributed by atoms with Crippen molar-refractivity contribution in [2.45, 2.75) is 77.7 Å². The van der Waals surface area contributed by atoms with E-state index in [0.717, 1.165) is 45.2 Å². The van der Waals surface area contributed by atoms with Crippen LogP contribution in [0.25, 0.3) is 0 Å². The summed E-state index contributed by atoms with van der Waals surface area (Å²) in [5.74, 6) is 0.527. The van der Waals surface area contributed by atoms with Crippen LogP contribution in [0.2, 0.25) is 0 Å². The van der Waals surface area contributed by atoms with Crippen molar-refractivity contribution in [3.63, 3.8) is 0 Å². The molecule has 0 aliphatic carbocycles. The van der Waals surface area contributed by atoms with Gasteiger partial charge in [-0.15, -0.1) is 0 Å². The van der Waals surface area contributed by atoms with Crippen LogP contribution in [0.4, 0.5) is 0 Å². The number of hydrogen-bond acceptors (Lipinski definition) is 2. The van der Waals surface area contributed by atoms with E-state index in [1.54, 1.807) is 0 Å². The van der Waals surface area contributed by atoms with Crippen molar-refractivity contribution in [2.75, 3.05) is 20.1 Å². The largest absolute Gasteiger partial charge is 0.351 e. The van der Waals surface area contributed by atoms with Crippen LogP contribution in [-0.4, -0.2) is 36.5 Å². The third-order valence-electron chi connectivity index (χ3n) is 4.65. The molecule has 0 saturated carbocycles. The van der Waals surface area contributed by atoms with Gasteiger partial charge >= 0.3 is 0 Å². The molecule has 0 aromatic rings. The molecule has 0 aromatic heterocycles. The fourth-order valence-corrected chi connectivity index (χ4v) is 3.24. The molecule has 1 aliphatic heterocycles. The number of nitrogens with one attached hydrogen (secondary N) is 1. The van der Waals surface area contributed by atoms with Crippen LogP contribution in [0, 0.1) is 5.92 Å². The second-order valence-corrected chi connectivity index (χ2v) is 6.83. The molecule has 0 aromatic carbocycles. The Morgan fingerprint density at radius 1 is 1.15 bits per heavy atom. The van der Waals surface area contributed by atoms with E-state index >= 15 is 0 Å². The fourth-order valence-electron chi connectivity index (χ4n) is 3.24. The Morgan fingerprint density at radius 3 is 2.35 bits per heavy atom. The molecular formula is C17H34N2O. The molecule has 0 radical (unpaired) electrons. The first-order valence-corrected chi connectivity index (χ1v) is 8.51. The number of carbonyl (C=O) groups is 1. The van der Waals surface area contributed by atoms with Gasteiger partial charge in [0.15, 0.2) is 0 Å². The maximum Gasteiger partial charge on any atom is 0.223 e. The van der Waals surface area contributed by atoms with Gasteiger partial charge in [0, 0.05) is 11.5 Å². The molecular weight excluding hydrogens is 248 g/mol. The van der Waals surface area contributed by atoms with Gasteiger partial charge in [-0.05, 0) is 52.7 Å². The molecule has 1 unspecified atom stereocenters. The Morgan fingerprint density at radius 2 is 1.80 bits per heavy atom. The minimum absolute atomic E-state index is 0.00432. The van der Waals surface area contributed by atoms with E-state index in [1.165, 1.54) is 19.3 Å². The lowest BCUT2D eigenvalue weighted by Crippen LogP contribution is -2.49. The van der Waals surface area contributed by atoms with Crippen molar-refractivity contribution in [2.24, 2.45) is 5.92 Å². The summed E-state index contributed by atoms with van der Waals surface area (Å²) in [6.45, 7) is 8.78. The van der Waals surface area contributed by atoms with Crippen LogP contribution in [-0.2, 0) is 4.79 Å². The molecule has 1 heterocycles. The molecule has 3 heteroatoms. The van der Waals surface area contributed by atoms with Gasteiger partial charge in [-0.25, -0.2) is 0 Å². The van der Waals surface area contributed by atoms with E-state index < -0.39 is 0 Å². The lowest BCUT2D eigenvalue weighted by Gasteiger charge is -2.35. The molecule has 0 bridgehead atoms. The first-order chi connectivity index (χ1) is 9.50. The Hall–Kier alpha value is -0.570. The van der Waals surface area contributed by atoms with Gasteiger partial charge in [-0.2, -0.15) is 0 Å². The van der Waals surface area contributed by atoms with E-state index in [2.05, 4.69) is 38.0 Å². The lowest BCUT2D eigenvalue weighted by atomic mass is 9.87. The fraction of sp³-hybridized carbons (Fsp3) is 0.941. The summed E-state index contributed by atoms with van der Waals surface area (Å²) in [5, 5.41) is 3.38. The number of carbonyl (C=O) groups excluding carboxylic acids is 1. The second kappa shape index (κ2) is 8.66. The normalized spacial score (nSPS) is 20.6. The highest BCUT2D eigenvalue weighted by atomic mass is 16.2. The van der Waals surface area contributed by atoms with Gasteiger partial charge in [0.1, 0.15) is 0 Å². The van der Waals surface area contributed by atoms with Crippen LogP contribution in [0.5, 0.6) is 0 Å². The molecule has 118 valence electrons. The zero-order chi connectivity index (χ0) is 15.0. The molecule has 1 rings (SSSR count). The number of hydrogen-bond donors (Lipinski definition) is 1. The number of unbranched alkanes of at least 4 members (excludes halogenated alkanes) is 2. The quantitative estimate of drug-likeness (QED) is 0.690. The van der Waals surface area contributed by atoms with Gasteiger partial charge in [0.25, 0.3) is 0 Å². The third kappa shape index (κ3) is 5.82. The molecule has 0 spiro atoms. The summed E-state index contributed by atoms with van der Waals surface area (Å²) in [4.78, 5) is 14.8. The zero-order valence-electron chi connectivity index (χ0n) is 14.0. The highest BCUT2D eigenvalue weighted by Gasteiger charge is 2.30. The molecule has 1 amide bonds. The first-order valence-electron chi connectivity index (χ1n) is 8.51. The van der Waals surface area contributed by atoms with Crippen LogP contribution in [0.3, 0.4) is 0 Å². The Bertz CT molecular complexity index is 285. The zero-order valence-corrected chi connectivity index (χ0v) is 14.0. The van der Waals surface area contributed by atoms with Crippen molar-refractivity contribution in [1.82, 2.24) is 10.2 Å². The second-order valence-electron chi connectivity index (χ2n) is 6.83. The Balaban J connectivity index is 2.48. The van der Waals surface area contributed by atoms with Gasteiger partial charge in [0.2, 0.25) is 5.91 Å². The average molecular weight is 282 g/mol. The van der Waals surface area contributed by atoms with Crippen molar-refractivity contribution < 1.29 is 4.79 Å². The van der Waals surface area contributed by atoms with Gasteiger partial charge in [-0.1, -0.05) is 39.5 Å². The SMILES string of the molecule is CCCCCC(C)(CCC)NC(=O)C1CCN(C)CC1. The van der Waals surface area contributed by atoms with Gasteiger partial charge in [-0.3, -0.25) is 4.79 Å². The number of nitrogens with zero attached hydrogens (tertiary/aromatic N) is 1. The van der Waals surface area contributed by atoms with E-state index in [0.29, 0.717) is 5.91 Å². The van der Waals surface area contributed by atoms with E-state index in [9.17, 15) is 4.79 Å². The predicted molar refractivity (Wildman–Crippen MR) is 85.8 cm³/mol. The molecule has 1 aliphatic rings. The van der Waals surface area contributed by atoms with Crippen LogP contribution in [0.1, 0.15) is 72.1 Å². The summed E-state index contributed by atoms with van der Waals surface area (Å²) >= 11 is 0. The van der Waals surface area contributed by atoms with Gasteiger partial charge < -0.3 is 10.2 Å². The molecule has 3 nitrogen and oxygen atoms in total. The Kier molecular flexibility index (Phi) is 7.57.